The minimum atomic E-state index is -0.406. The van der Waals surface area contributed by atoms with E-state index < -0.39 is 5.91 Å². The van der Waals surface area contributed by atoms with E-state index in [1.54, 1.807) is 6.20 Å². The standard InChI is InChI=1S/C15H13N3O3S/c1-10-8-16-15(22-10)17-14(19)12-7-13(18-21-12)20-9-11-5-3-2-4-6-11/h2-8H,9H2,1H3,(H,16,17,19). The number of thiazole rings is 1. The fraction of sp³-hybridized carbons (Fsp3) is 0.133. The van der Waals surface area contributed by atoms with Crippen molar-refractivity contribution >= 4 is 22.4 Å². The molecule has 1 aromatic carbocycles. The third kappa shape index (κ3) is 3.50. The molecule has 1 amide bonds. The molecule has 3 aromatic rings. The van der Waals surface area contributed by atoms with E-state index in [1.807, 2.05) is 37.3 Å². The number of amides is 1. The number of hydrogen-bond acceptors (Lipinski definition) is 6. The topological polar surface area (TPSA) is 77.2 Å². The predicted octanol–water partition coefficient (Wildman–Crippen LogP) is 3.27. The van der Waals surface area contributed by atoms with Gasteiger partial charge in [-0.25, -0.2) is 4.98 Å². The van der Waals surface area contributed by atoms with Crippen LogP contribution in [0.15, 0.2) is 47.1 Å². The number of carbonyl (C=O) groups excluding carboxylic acids is 1. The Hall–Kier alpha value is -2.67. The zero-order chi connectivity index (χ0) is 15.4. The number of aryl methyl sites for hydroxylation is 1. The number of aromatic nitrogens is 2. The molecule has 3 rings (SSSR count). The van der Waals surface area contributed by atoms with Crippen molar-refractivity contribution < 1.29 is 14.1 Å². The highest BCUT2D eigenvalue weighted by atomic mass is 32.1. The normalized spacial score (nSPS) is 10.4. The summed E-state index contributed by atoms with van der Waals surface area (Å²) in [7, 11) is 0. The van der Waals surface area contributed by atoms with Crippen LogP contribution in [0.4, 0.5) is 5.13 Å². The maximum Gasteiger partial charge on any atom is 0.296 e. The first-order valence-corrected chi connectivity index (χ1v) is 7.39. The van der Waals surface area contributed by atoms with Crippen molar-refractivity contribution in [2.75, 3.05) is 5.32 Å². The van der Waals surface area contributed by atoms with E-state index in [9.17, 15) is 4.79 Å². The lowest BCUT2D eigenvalue weighted by Crippen LogP contribution is -2.10. The van der Waals surface area contributed by atoms with Crippen LogP contribution in [0.5, 0.6) is 5.88 Å². The van der Waals surface area contributed by atoms with Crippen LogP contribution in [0.3, 0.4) is 0 Å². The highest BCUT2D eigenvalue weighted by Gasteiger charge is 2.15. The summed E-state index contributed by atoms with van der Waals surface area (Å²) >= 11 is 1.39. The molecule has 2 aromatic heterocycles. The smallest absolute Gasteiger partial charge is 0.296 e. The molecule has 112 valence electrons. The van der Waals surface area contributed by atoms with Crippen LogP contribution in [0.2, 0.25) is 0 Å². The van der Waals surface area contributed by atoms with Crippen LogP contribution in [0.25, 0.3) is 0 Å². The van der Waals surface area contributed by atoms with Crippen LogP contribution in [0.1, 0.15) is 21.0 Å². The lowest BCUT2D eigenvalue weighted by molar-refractivity contribution is 0.0987. The number of anilines is 1. The maximum atomic E-state index is 12.0. The Labute approximate surface area is 130 Å². The van der Waals surface area contributed by atoms with Gasteiger partial charge in [-0.3, -0.25) is 10.1 Å². The lowest BCUT2D eigenvalue weighted by Gasteiger charge is -2.00. The monoisotopic (exact) mass is 315 g/mol. The number of nitrogens with zero attached hydrogens (tertiary/aromatic N) is 2. The van der Waals surface area contributed by atoms with Gasteiger partial charge in [0, 0.05) is 11.1 Å². The first-order chi connectivity index (χ1) is 10.7. The molecular weight excluding hydrogens is 302 g/mol. The van der Waals surface area contributed by atoms with E-state index in [0.717, 1.165) is 10.4 Å². The van der Waals surface area contributed by atoms with Gasteiger partial charge in [0.1, 0.15) is 6.61 Å². The van der Waals surface area contributed by atoms with Gasteiger partial charge in [0.2, 0.25) is 5.76 Å². The first-order valence-electron chi connectivity index (χ1n) is 6.58. The van der Waals surface area contributed by atoms with E-state index >= 15 is 0 Å². The Balaban J connectivity index is 1.59. The molecule has 7 heteroatoms. The van der Waals surface area contributed by atoms with E-state index in [1.165, 1.54) is 17.4 Å². The molecule has 0 fully saturated rings. The summed E-state index contributed by atoms with van der Waals surface area (Å²) in [5.74, 6) is -0.0587. The van der Waals surface area contributed by atoms with E-state index in [0.29, 0.717) is 11.7 Å². The molecule has 0 spiro atoms. The van der Waals surface area contributed by atoms with Gasteiger partial charge in [-0.05, 0) is 17.6 Å². The SMILES string of the molecule is Cc1cnc(NC(=O)c2cc(OCc3ccccc3)no2)s1. The Morgan fingerprint density at radius 1 is 1.36 bits per heavy atom. The second-order valence-corrected chi connectivity index (χ2v) is 5.77. The maximum absolute atomic E-state index is 12.0. The number of nitrogens with one attached hydrogen (secondary N) is 1. The average molecular weight is 315 g/mol. The van der Waals surface area contributed by atoms with Crippen molar-refractivity contribution in [3.63, 3.8) is 0 Å². The van der Waals surface area contributed by atoms with Crippen LogP contribution in [-0.4, -0.2) is 16.0 Å². The highest BCUT2D eigenvalue weighted by molar-refractivity contribution is 7.15. The van der Waals surface area contributed by atoms with Crippen LogP contribution in [-0.2, 0) is 6.61 Å². The Bertz CT molecular complexity index is 767. The van der Waals surface area contributed by atoms with Crippen molar-refractivity contribution in [3.8, 4) is 5.88 Å². The van der Waals surface area contributed by atoms with Crippen LogP contribution in [0, 0.1) is 6.92 Å². The third-order valence-electron chi connectivity index (χ3n) is 2.78. The summed E-state index contributed by atoms with van der Waals surface area (Å²) in [5.41, 5.74) is 1.01. The molecule has 22 heavy (non-hydrogen) atoms. The molecule has 0 bridgehead atoms. The molecule has 1 N–H and O–H groups in total. The molecule has 0 aliphatic heterocycles. The quantitative estimate of drug-likeness (QED) is 0.782. The van der Waals surface area contributed by atoms with Crippen molar-refractivity contribution in [3.05, 3.63) is 58.8 Å². The summed E-state index contributed by atoms with van der Waals surface area (Å²) in [6, 6.07) is 11.1. The first kappa shape index (κ1) is 14.3. The second kappa shape index (κ2) is 6.40. The summed E-state index contributed by atoms with van der Waals surface area (Å²) < 4.78 is 10.5. The molecule has 0 atom stereocenters. The minimum absolute atomic E-state index is 0.0796. The predicted molar refractivity (Wildman–Crippen MR) is 82.1 cm³/mol. The highest BCUT2D eigenvalue weighted by Crippen LogP contribution is 2.19. The Morgan fingerprint density at radius 2 is 2.18 bits per heavy atom. The van der Waals surface area contributed by atoms with Crippen molar-refractivity contribution in [1.82, 2.24) is 10.1 Å². The molecule has 6 nitrogen and oxygen atoms in total. The zero-order valence-electron chi connectivity index (χ0n) is 11.8. The van der Waals surface area contributed by atoms with Crippen molar-refractivity contribution in [2.45, 2.75) is 13.5 Å². The molecule has 0 aliphatic carbocycles. The average Bonchev–Trinajstić information content (AvgIpc) is 3.15. The Kier molecular flexibility index (Phi) is 4.15. The molecule has 0 saturated heterocycles. The number of benzene rings is 1. The van der Waals surface area contributed by atoms with Gasteiger partial charge in [-0.1, -0.05) is 30.3 Å². The number of ether oxygens (including phenoxy) is 1. The molecule has 0 aliphatic rings. The second-order valence-electron chi connectivity index (χ2n) is 4.53. The minimum Gasteiger partial charge on any atom is -0.471 e. The van der Waals surface area contributed by atoms with Gasteiger partial charge in [0.15, 0.2) is 5.13 Å². The van der Waals surface area contributed by atoms with Gasteiger partial charge in [-0.2, -0.15) is 0 Å². The zero-order valence-corrected chi connectivity index (χ0v) is 12.6. The number of rotatable bonds is 5. The van der Waals surface area contributed by atoms with Gasteiger partial charge in [-0.15, -0.1) is 11.3 Å². The van der Waals surface area contributed by atoms with Gasteiger partial charge >= 0.3 is 0 Å². The van der Waals surface area contributed by atoms with E-state index in [4.69, 9.17) is 9.26 Å². The summed E-state index contributed by atoms with van der Waals surface area (Å²) in [5, 5.41) is 6.89. The molecular formula is C15H13N3O3S. The van der Waals surface area contributed by atoms with E-state index in [-0.39, 0.29) is 11.6 Å². The molecule has 2 heterocycles. The fourth-order valence-corrected chi connectivity index (χ4v) is 2.40. The third-order valence-corrected chi connectivity index (χ3v) is 3.61. The summed E-state index contributed by atoms with van der Waals surface area (Å²) in [6.07, 6.45) is 1.69. The molecule has 0 saturated carbocycles. The Morgan fingerprint density at radius 3 is 2.91 bits per heavy atom. The largest absolute Gasteiger partial charge is 0.471 e. The van der Waals surface area contributed by atoms with Crippen molar-refractivity contribution in [2.24, 2.45) is 0 Å². The van der Waals surface area contributed by atoms with Gasteiger partial charge in [0.25, 0.3) is 11.8 Å². The summed E-state index contributed by atoms with van der Waals surface area (Å²) in [6.45, 7) is 2.28. The van der Waals surface area contributed by atoms with Gasteiger partial charge in [0.05, 0.1) is 6.07 Å². The van der Waals surface area contributed by atoms with Crippen molar-refractivity contribution in [1.29, 1.82) is 0 Å². The molecule has 0 radical (unpaired) electrons. The van der Waals surface area contributed by atoms with Gasteiger partial charge < -0.3 is 9.26 Å². The fourth-order valence-electron chi connectivity index (χ4n) is 1.74. The lowest BCUT2D eigenvalue weighted by atomic mass is 10.2. The number of carbonyl (C=O) groups is 1. The number of hydrogen-bond donors (Lipinski definition) is 1. The van der Waals surface area contributed by atoms with E-state index in [2.05, 4.69) is 15.5 Å². The van der Waals surface area contributed by atoms with Crippen LogP contribution >= 0.6 is 11.3 Å². The molecule has 0 unspecified atom stereocenters. The summed E-state index contributed by atoms with van der Waals surface area (Å²) in [4.78, 5) is 17.0. The van der Waals surface area contributed by atoms with Crippen LogP contribution < -0.4 is 10.1 Å².